The number of rotatable bonds is 3. The molecule has 2 aliphatic carbocycles. The predicted octanol–water partition coefficient (Wildman–Crippen LogP) is 2.71. The van der Waals surface area contributed by atoms with Crippen LogP contribution in [0.2, 0.25) is 0 Å². The molecule has 2 aliphatic rings. The maximum atomic E-state index is 11.4. The van der Waals surface area contributed by atoms with Crippen LogP contribution in [0.15, 0.2) is 12.7 Å². The topological polar surface area (TPSA) is 17.1 Å². The summed E-state index contributed by atoms with van der Waals surface area (Å²) in [6.07, 6.45) is 8.71. The highest BCUT2D eigenvalue weighted by atomic mass is 16.1. The van der Waals surface area contributed by atoms with Crippen LogP contribution < -0.4 is 0 Å². The van der Waals surface area contributed by atoms with E-state index in [2.05, 4.69) is 6.58 Å². The molecule has 0 unspecified atom stereocenters. The van der Waals surface area contributed by atoms with Crippen LogP contribution in [0.5, 0.6) is 0 Å². The number of Topliss-reactive ketones (excluding diaryl/α,β-unsaturated/α-hetero) is 1. The second kappa shape index (κ2) is 2.72. The van der Waals surface area contributed by atoms with Gasteiger partial charge in [-0.3, -0.25) is 4.79 Å². The van der Waals surface area contributed by atoms with Gasteiger partial charge in [0.05, 0.1) is 0 Å². The molecule has 2 fully saturated rings. The zero-order valence-electron chi connectivity index (χ0n) is 7.51. The zero-order chi connectivity index (χ0) is 8.60. The molecule has 12 heavy (non-hydrogen) atoms. The number of ketones is 1. The van der Waals surface area contributed by atoms with Gasteiger partial charge in [-0.2, -0.15) is 0 Å². The lowest BCUT2D eigenvalue weighted by Crippen LogP contribution is -2.16. The monoisotopic (exact) mass is 164 g/mol. The minimum Gasteiger partial charge on any atom is -0.299 e. The maximum Gasteiger partial charge on any atom is 0.136 e. The van der Waals surface area contributed by atoms with Crippen molar-refractivity contribution < 1.29 is 4.79 Å². The summed E-state index contributed by atoms with van der Waals surface area (Å²) in [6.45, 7) is 3.73. The Labute approximate surface area is 73.8 Å². The Morgan fingerprint density at radius 3 is 3.25 bits per heavy atom. The van der Waals surface area contributed by atoms with Crippen LogP contribution in [0.25, 0.3) is 0 Å². The van der Waals surface area contributed by atoms with E-state index < -0.39 is 0 Å². The number of hydrogen-bond donors (Lipinski definition) is 0. The first-order valence-corrected chi connectivity index (χ1v) is 4.92. The van der Waals surface area contributed by atoms with Gasteiger partial charge < -0.3 is 0 Å². The van der Waals surface area contributed by atoms with Crippen molar-refractivity contribution in [3.8, 4) is 0 Å². The molecule has 2 atom stereocenters. The fourth-order valence-electron chi connectivity index (χ4n) is 2.66. The maximum absolute atomic E-state index is 11.4. The lowest BCUT2D eigenvalue weighted by Gasteiger charge is -2.20. The molecule has 0 heterocycles. The zero-order valence-corrected chi connectivity index (χ0v) is 7.51. The van der Waals surface area contributed by atoms with Crippen molar-refractivity contribution in [1.29, 1.82) is 0 Å². The standard InChI is InChI=1S/C11H16O/c1-2-3-6-11-7-4-5-10(12)9(11)8-11/h2,9H,1,3-8H2/t9-,11-/m1/s1. The van der Waals surface area contributed by atoms with Crippen molar-refractivity contribution in [2.75, 3.05) is 0 Å². The van der Waals surface area contributed by atoms with Gasteiger partial charge in [-0.05, 0) is 37.5 Å². The molecule has 0 spiro atoms. The first-order valence-electron chi connectivity index (χ1n) is 4.92. The molecule has 0 aromatic rings. The average Bonchev–Trinajstić information content (AvgIpc) is 2.78. The first-order chi connectivity index (χ1) is 5.78. The smallest absolute Gasteiger partial charge is 0.136 e. The SMILES string of the molecule is C=CCC[C@]12CCCC(=O)[C@H]1C2. The summed E-state index contributed by atoms with van der Waals surface area (Å²) in [5, 5.41) is 0. The van der Waals surface area contributed by atoms with Crippen molar-refractivity contribution in [2.45, 2.75) is 38.5 Å². The third-order valence-electron chi connectivity index (χ3n) is 3.52. The predicted molar refractivity (Wildman–Crippen MR) is 48.8 cm³/mol. The van der Waals surface area contributed by atoms with E-state index in [0.29, 0.717) is 17.1 Å². The van der Waals surface area contributed by atoms with Gasteiger partial charge in [-0.15, -0.1) is 6.58 Å². The van der Waals surface area contributed by atoms with Crippen molar-refractivity contribution in [3.05, 3.63) is 12.7 Å². The molecule has 0 aromatic heterocycles. The molecule has 0 radical (unpaired) electrons. The van der Waals surface area contributed by atoms with Crippen molar-refractivity contribution in [3.63, 3.8) is 0 Å². The quantitative estimate of drug-likeness (QED) is 0.586. The normalized spacial score (nSPS) is 39.0. The molecule has 2 rings (SSSR count). The van der Waals surface area contributed by atoms with Crippen LogP contribution in [-0.4, -0.2) is 5.78 Å². The van der Waals surface area contributed by atoms with Crippen LogP contribution in [0.3, 0.4) is 0 Å². The van der Waals surface area contributed by atoms with E-state index >= 15 is 0 Å². The van der Waals surface area contributed by atoms with Gasteiger partial charge in [-0.25, -0.2) is 0 Å². The van der Waals surface area contributed by atoms with Gasteiger partial charge in [0, 0.05) is 12.3 Å². The van der Waals surface area contributed by atoms with Gasteiger partial charge in [0.2, 0.25) is 0 Å². The van der Waals surface area contributed by atoms with E-state index in [-0.39, 0.29) is 0 Å². The second-order valence-electron chi connectivity index (χ2n) is 4.27. The molecular weight excluding hydrogens is 148 g/mol. The average molecular weight is 164 g/mol. The van der Waals surface area contributed by atoms with E-state index in [0.717, 1.165) is 19.3 Å². The fourth-order valence-corrected chi connectivity index (χ4v) is 2.66. The third kappa shape index (κ3) is 1.12. The van der Waals surface area contributed by atoms with E-state index in [4.69, 9.17) is 0 Å². The van der Waals surface area contributed by atoms with Gasteiger partial charge in [0.15, 0.2) is 0 Å². The minimum atomic E-state index is 0.448. The summed E-state index contributed by atoms with van der Waals surface area (Å²) in [5.74, 6) is 0.983. The molecule has 66 valence electrons. The highest BCUT2D eigenvalue weighted by molar-refractivity contribution is 5.85. The number of carbonyl (C=O) groups is 1. The largest absolute Gasteiger partial charge is 0.299 e. The molecule has 0 amide bonds. The Morgan fingerprint density at radius 2 is 2.50 bits per heavy atom. The summed E-state index contributed by atoms with van der Waals surface area (Å²) < 4.78 is 0. The highest BCUT2D eigenvalue weighted by Gasteiger charge is 2.57. The van der Waals surface area contributed by atoms with E-state index in [9.17, 15) is 4.79 Å². The Balaban J connectivity index is 1.96. The van der Waals surface area contributed by atoms with Gasteiger partial charge in [-0.1, -0.05) is 6.08 Å². The first kappa shape index (κ1) is 8.03. The van der Waals surface area contributed by atoms with Crippen molar-refractivity contribution in [1.82, 2.24) is 0 Å². The third-order valence-corrected chi connectivity index (χ3v) is 3.52. The Kier molecular flexibility index (Phi) is 1.82. The summed E-state index contributed by atoms with van der Waals surface area (Å²) in [6, 6.07) is 0. The van der Waals surface area contributed by atoms with E-state index in [1.807, 2.05) is 6.08 Å². The molecule has 0 bridgehead atoms. The number of fused-ring (bicyclic) bond motifs is 1. The molecular formula is C11H16O. The summed E-state index contributed by atoms with van der Waals surface area (Å²) in [4.78, 5) is 11.4. The summed E-state index contributed by atoms with van der Waals surface area (Å²) >= 11 is 0. The van der Waals surface area contributed by atoms with Crippen molar-refractivity contribution in [2.24, 2.45) is 11.3 Å². The van der Waals surface area contributed by atoms with E-state index in [1.54, 1.807) is 0 Å². The summed E-state index contributed by atoms with van der Waals surface area (Å²) in [7, 11) is 0. The van der Waals surface area contributed by atoms with Gasteiger partial charge in [0.25, 0.3) is 0 Å². The Morgan fingerprint density at radius 1 is 1.67 bits per heavy atom. The molecule has 0 saturated heterocycles. The molecule has 1 nitrogen and oxygen atoms in total. The van der Waals surface area contributed by atoms with Crippen LogP contribution in [0.1, 0.15) is 38.5 Å². The van der Waals surface area contributed by atoms with Crippen LogP contribution in [0.4, 0.5) is 0 Å². The Bertz CT molecular complexity index is 219. The molecule has 1 heteroatoms. The lowest BCUT2D eigenvalue weighted by atomic mass is 9.84. The minimum absolute atomic E-state index is 0.448. The van der Waals surface area contributed by atoms with Gasteiger partial charge in [0.1, 0.15) is 5.78 Å². The highest BCUT2D eigenvalue weighted by Crippen LogP contribution is 2.62. The van der Waals surface area contributed by atoms with Gasteiger partial charge >= 0.3 is 0 Å². The van der Waals surface area contributed by atoms with Crippen LogP contribution in [0, 0.1) is 11.3 Å². The Hall–Kier alpha value is -0.590. The molecule has 0 N–H and O–H groups in total. The molecule has 0 aliphatic heterocycles. The van der Waals surface area contributed by atoms with Crippen LogP contribution >= 0.6 is 0 Å². The fraction of sp³-hybridized carbons (Fsp3) is 0.727. The lowest BCUT2D eigenvalue weighted by molar-refractivity contribution is -0.122. The van der Waals surface area contributed by atoms with Crippen LogP contribution in [-0.2, 0) is 4.79 Å². The van der Waals surface area contributed by atoms with Crippen molar-refractivity contribution >= 4 is 5.78 Å². The second-order valence-corrected chi connectivity index (χ2v) is 4.27. The molecule has 0 aromatic carbocycles. The number of carbonyl (C=O) groups excluding carboxylic acids is 1. The van der Waals surface area contributed by atoms with E-state index in [1.165, 1.54) is 19.3 Å². The number of hydrogen-bond acceptors (Lipinski definition) is 1. The molecule has 2 saturated carbocycles. The summed E-state index contributed by atoms with van der Waals surface area (Å²) in [5.41, 5.74) is 0.448. The number of allylic oxidation sites excluding steroid dienone is 1.